The largest absolute Gasteiger partial charge is 0.307 e. The number of amides is 1. The molecular weight excluding hydrogens is 376 g/mol. The molecule has 2 nitrogen and oxygen atoms in total. The number of halogens is 2. The molecule has 0 radical (unpaired) electrons. The van der Waals surface area contributed by atoms with Gasteiger partial charge in [0.25, 0.3) is 0 Å². The summed E-state index contributed by atoms with van der Waals surface area (Å²) in [6, 6.07) is 10.9. The molecule has 4 rings (SSSR count). The van der Waals surface area contributed by atoms with Gasteiger partial charge in [-0.15, -0.1) is 11.8 Å². The standard InChI is InChI=1S/C19H14ClFNOPS/c20-13-3-1-12(2-4-13)11-22-16-9-14(17-5-7-24-17)15(21)10-18(16)25-8-6-19(22)23/h1-5,7,9-10H,6,8,11H2. The molecule has 0 bridgehead atoms. The van der Waals surface area contributed by atoms with E-state index in [1.165, 1.54) is 11.8 Å². The fourth-order valence-corrected chi connectivity index (χ4v) is 4.57. The van der Waals surface area contributed by atoms with Gasteiger partial charge < -0.3 is 4.90 Å². The number of anilines is 1. The molecule has 2 heterocycles. The van der Waals surface area contributed by atoms with Crippen LogP contribution in [0.25, 0.3) is 0 Å². The van der Waals surface area contributed by atoms with Crippen molar-refractivity contribution in [2.75, 3.05) is 10.7 Å². The van der Waals surface area contributed by atoms with Crippen molar-refractivity contribution in [3.8, 4) is 0 Å². The van der Waals surface area contributed by atoms with Crippen molar-refractivity contribution < 1.29 is 9.18 Å². The number of fused-ring (bicyclic) bond motifs is 1. The number of nitrogens with zero attached hydrogens (tertiary/aromatic N) is 1. The van der Waals surface area contributed by atoms with E-state index in [9.17, 15) is 9.18 Å². The van der Waals surface area contributed by atoms with Crippen LogP contribution >= 0.6 is 31.6 Å². The first-order valence-corrected chi connectivity index (χ1v) is 10.2. The lowest BCUT2D eigenvalue weighted by Crippen LogP contribution is -2.30. The summed E-state index contributed by atoms with van der Waals surface area (Å²) in [6.07, 6.45) is 2.36. The first-order valence-electron chi connectivity index (χ1n) is 7.88. The predicted molar refractivity (Wildman–Crippen MR) is 105 cm³/mol. The molecule has 2 aromatic carbocycles. The van der Waals surface area contributed by atoms with Crippen molar-refractivity contribution in [2.45, 2.75) is 17.9 Å². The summed E-state index contributed by atoms with van der Waals surface area (Å²) in [6.45, 7) is 0.456. The Bertz CT molecular complexity index is 910. The van der Waals surface area contributed by atoms with Crippen molar-refractivity contribution in [1.29, 1.82) is 0 Å². The minimum atomic E-state index is -0.223. The van der Waals surface area contributed by atoms with E-state index < -0.39 is 0 Å². The Morgan fingerprint density at radius 3 is 2.68 bits per heavy atom. The van der Waals surface area contributed by atoms with Crippen LogP contribution in [0.15, 0.2) is 53.2 Å². The first kappa shape index (κ1) is 16.8. The second kappa shape index (κ2) is 6.95. The maximum absolute atomic E-state index is 14.5. The highest BCUT2D eigenvalue weighted by atomic mass is 35.5. The Morgan fingerprint density at radius 2 is 2.00 bits per heavy atom. The summed E-state index contributed by atoms with van der Waals surface area (Å²) in [5.74, 6) is 2.48. The van der Waals surface area contributed by atoms with E-state index in [0.717, 1.165) is 29.6 Å². The highest BCUT2D eigenvalue weighted by Gasteiger charge is 2.25. The number of benzene rings is 2. The van der Waals surface area contributed by atoms with Gasteiger partial charge in [-0.1, -0.05) is 31.9 Å². The third kappa shape index (κ3) is 3.39. The van der Waals surface area contributed by atoms with Crippen LogP contribution in [-0.4, -0.2) is 17.0 Å². The van der Waals surface area contributed by atoms with E-state index in [0.29, 0.717) is 29.3 Å². The maximum atomic E-state index is 14.5. The Kier molecular flexibility index (Phi) is 4.68. The highest BCUT2D eigenvalue weighted by molar-refractivity contribution is 7.99. The minimum absolute atomic E-state index is 0.0606. The topological polar surface area (TPSA) is 20.3 Å². The molecule has 0 aromatic heterocycles. The van der Waals surface area contributed by atoms with Gasteiger partial charge in [0.15, 0.2) is 0 Å². The van der Waals surface area contributed by atoms with Gasteiger partial charge in [-0.3, -0.25) is 4.79 Å². The zero-order valence-electron chi connectivity index (χ0n) is 13.2. The average molecular weight is 390 g/mol. The zero-order chi connectivity index (χ0) is 17.4. The van der Waals surface area contributed by atoms with Crippen molar-refractivity contribution in [3.63, 3.8) is 0 Å². The van der Waals surface area contributed by atoms with E-state index in [-0.39, 0.29) is 11.7 Å². The summed E-state index contributed by atoms with van der Waals surface area (Å²) in [5.41, 5.74) is 2.37. The van der Waals surface area contributed by atoms with Gasteiger partial charge in [-0.25, -0.2) is 4.39 Å². The molecule has 1 amide bonds. The Hall–Kier alpha value is -1.61. The fraction of sp³-hybridized carbons (Fsp3) is 0.158. The van der Waals surface area contributed by atoms with E-state index in [1.54, 1.807) is 11.0 Å². The van der Waals surface area contributed by atoms with Gasteiger partial charge in [0.05, 0.1) is 12.2 Å². The van der Waals surface area contributed by atoms with E-state index in [2.05, 4.69) is 0 Å². The van der Waals surface area contributed by atoms with Crippen LogP contribution in [-0.2, 0) is 11.3 Å². The normalized spacial score (nSPS) is 16.8. The third-order valence-electron chi connectivity index (χ3n) is 4.19. The van der Waals surface area contributed by atoms with Gasteiger partial charge >= 0.3 is 0 Å². The molecule has 126 valence electrons. The second-order valence-electron chi connectivity index (χ2n) is 5.83. The lowest BCUT2D eigenvalue weighted by Gasteiger charge is -2.24. The van der Waals surface area contributed by atoms with Gasteiger partial charge in [0.2, 0.25) is 5.91 Å². The lowest BCUT2D eigenvalue weighted by molar-refractivity contribution is -0.118. The molecule has 0 saturated carbocycles. The smallest absolute Gasteiger partial charge is 0.228 e. The van der Waals surface area contributed by atoms with Crippen LogP contribution in [0.2, 0.25) is 5.02 Å². The molecule has 0 spiro atoms. The summed E-state index contributed by atoms with van der Waals surface area (Å²) >= 11 is 7.49. The first-order chi connectivity index (χ1) is 12.1. The molecular formula is C19H14ClFNOPS. The number of carbonyl (C=O) groups excluding carboxylic acids is 1. The SMILES string of the molecule is O=C1CCSc2cc(F)c(C3=PC=C3)cc2N1Cc1ccc(Cl)cc1. The van der Waals surface area contributed by atoms with Crippen LogP contribution in [0.3, 0.4) is 0 Å². The molecule has 2 aliphatic rings. The van der Waals surface area contributed by atoms with Crippen LogP contribution in [0.5, 0.6) is 0 Å². The van der Waals surface area contributed by atoms with E-state index in [1.807, 2.05) is 42.2 Å². The number of hydrogen-bond donors (Lipinski definition) is 0. The van der Waals surface area contributed by atoms with Crippen molar-refractivity contribution >= 4 is 48.5 Å². The van der Waals surface area contributed by atoms with Crippen molar-refractivity contribution in [3.05, 3.63) is 70.3 Å². The molecule has 0 atom stereocenters. The van der Waals surface area contributed by atoms with Crippen molar-refractivity contribution in [1.82, 2.24) is 0 Å². The molecule has 25 heavy (non-hydrogen) atoms. The number of rotatable bonds is 3. The number of carbonyl (C=O) groups is 1. The van der Waals surface area contributed by atoms with Gasteiger partial charge in [0.1, 0.15) is 5.82 Å². The fourth-order valence-electron chi connectivity index (χ4n) is 2.84. The Balaban J connectivity index is 1.75. The number of hydrogen-bond acceptors (Lipinski definition) is 2. The average Bonchev–Trinajstić information content (AvgIpc) is 2.68. The maximum Gasteiger partial charge on any atom is 0.228 e. The third-order valence-corrected chi connectivity index (χ3v) is 6.45. The summed E-state index contributed by atoms with van der Waals surface area (Å²) < 4.78 is 14.5. The predicted octanol–water partition coefficient (Wildman–Crippen LogP) is 5.50. The van der Waals surface area contributed by atoms with Crippen LogP contribution in [0, 0.1) is 5.82 Å². The molecule has 0 saturated heterocycles. The van der Waals surface area contributed by atoms with Gasteiger partial charge in [0, 0.05) is 32.9 Å². The highest BCUT2D eigenvalue weighted by Crippen LogP contribution is 2.38. The van der Waals surface area contributed by atoms with Gasteiger partial charge in [-0.05, 0) is 41.7 Å². The minimum Gasteiger partial charge on any atom is -0.307 e. The molecule has 0 fully saturated rings. The molecule has 0 unspecified atom stereocenters. The molecule has 2 aromatic rings. The van der Waals surface area contributed by atoms with Gasteiger partial charge in [-0.2, -0.15) is 0 Å². The number of thioether (sulfide) groups is 1. The van der Waals surface area contributed by atoms with Crippen LogP contribution in [0.4, 0.5) is 10.1 Å². The molecule has 2 aliphatic heterocycles. The zero-order valence-corrected chi connectivity index (χ0v) is 15.7. The summed E-state index contributed by atoms with van der Waals surface area (Å²) in [5, 5.41) is 1.62. The molecule has 6 heteroatoms. The summed E-state index contributed by atoms with van der Waals surface area (Å²) in [7, 11) is 1.02. The quantitative estimate of drug-likeness (QED) is 0.646. The van der Waals surface area contributed by atoms with Crippen LogP contribution in [0.1, 0.15) is 17.5 Å². The second-order valence-corrected chi connectivity index (χ2v) is 8.45. The van der Waals surface area contributed by atoms with E-state index >= 15 is 0 Å². The molecule has 0 aliphatic carbocycles. The van der Waals surface area contributed by atoms with E-state index in [4.69, 9.17) is 11.6 Å². The van der Waals surface area contributed by atoms with Crippen molar-refractivity contribution in [2.24, 2.45) is 0 Å². The monoisotopic (exact) mass is 389 g/mol. The Labute approximate surface area is 156 Å². The Morgan fingerprint density at radius 1 is 1.24 bits per heavy atom. The summed E-state index contributed by atoms with van der Waals surface area (Å²) in [4.78, 5) is 15.3. The molecule has 0 N–H and O–H groups in total. The van der Waals surface area contributed by atoms with Crippen LogP contribution < -0.4 is 4.90 Å². The lowest BCUT2D eigenvalue weighted by atomic mass is 10.1. The number of allylic oxidation sites excluding steroid dienone is 1.